The quantitative estimate of drug-likeness (QED) is 0.869. The summed E-state index contributed by atoms with van der Waals surface area (Å²) in [6.07, 6.45) is 1.63. The van der Waals surface area contributed by atoms with Crippen molar-refractivity contribution in [2.45, 2.75) is 13.5 Å². The smallest absolute Gasteiger partial charge is 0.266 e. The summed E-state index contributed by atoms with van der Waals surface area (Å²) in [6.45, 7) is 1.87. The van der Waals surface area contributed by atoms with Gasteiger partial charge in [0.05, 0.1) is 21.5 Å². The van der Waals surface area contributed by atoms with E-state index in [-0.39, 0.29) is 24.0 Å². The van der Waals surface area contributed by atoms with E-state index in [4.69, 9.17) is 11.6 Å². The van der Waals surface area contributed by atoms with Gasteiger partial charge in [-0.05, 0) is 12.1 Å². The molecule has 1 N–H and O–H groups in total. The lowest BCUT2D eigenvalue weighted by Crippen LogP contribution is -2.15. The molecule has 0 aromatic carbocycles. The second-order valence-electron chi connectivity index (χ2n) is 4.26. The predicted octanol–water partition coefficient (Wildman–Crippen LogP) is 2.29. The van der Waals surface area contributed by atoms with Crippen molar-refractivity contribution in [3.63, 3.8) is 0 Å². The fourth-order valence-electron chi connectivity index (χ4n) is 1.54. The Bertz CT molecular complexity index is 737. The largest absolute Gasteiger partial charge is 0.304 e. The first-order valence-corrected chi connectivity index (χ1v) is 9.22. The highest BCUT2D eigenvalue weighted by atomic mass is 35.5. The third-order valence-corrected chi connectivity index (χ3v) is 5.66. The van der Waals surface area contributed by atoms with Gasteiger partial charge in [-0.25, -0.2) is 8.42 Å². The second-order valence-corrected chi connectivity index (χ2v) is 8.45. The molecular formula is C12H14ClN3O3S2. The number of aromatic nitrogens is 2. The Hall–Kier alpha value is -1.38. The summed E-state index contributed by atoms with van der Waals surface area (Å²) in [5.74, 6) is 0.215. The zero-order valence-electron chi connectivity index (χ0n) is 11.2. The van der Waals surface area contributed by atoms with Crippen LogP contribution in [0, 0.1) is 0 Å². The summed E-state index contributed by atoms with van der Waals surface area (Å²) in [5.41, 5.74) is 0. The van der Waals surface area contributed by atoms with Gasteiger partial charge in [-0.15, -0.1) is 11.3 Å². The number of hydrogen-bond acceptors (Lipinski definition) is 5. The number of aryl methyl sites for hydroxylation is 1. The number of carbonyl (C=O) groups is 1. The summed E-state index contributed by atoms with van der Waals surface area (Å²) < 4.78 is 24.9. The van der Waals surface area contributed by atoms with Crippen molar-refractivity contribution in [1.29, 1.82) is 0 Å². The SMILES string of the molecule is CCS(=O)(=O)CCn1ccc(NC(=O)c2ccc(Cl)s2)n1. The van der Waals surface area contributed by atoms with Crippen LogP contribution in [0.3, 0.4) is 0 Å². The van der Waals surface area contributed by atoms with Crippen LogP contribution in [0.4, 0.5) is 5.82 Å². The Labute approximate surface area is 131 Å². The normalized spacial score (nSPS) is 11.5. The Morgan fingerprint density at radius 3 is 2.81 bits per heavy atom. The van der Waals surface area contributed by atoms with E-state index in [1.54, 1.807) is 31.3 Å². The fraction of sp³-hybridized carbons (Fsp3) is 0.333. The van der Waals surface area contributed by atoms with Gasteiger partial charge >= 0.3 is 0 Å². The summed E-state index contributed by atoms with van der Waals surface area (Å²) in [6, 6.07) is 4.90. The minimum atomic E-state index is -3.03. The number of anilines is 1. The van der Waals surface area contributed by atoms with Gasteiger partial charge in [0.25, 0.3) is 5.91 Å². The van der Waals surface area contributed by atoms with E-state index in [0.29, 0.717) is 15.0 Å². The zero-order valence-corrected chi connectivity index (χ0v) is 13.6. The molecule has 0 aliphatic carbocycles. The summed E-state index contributed by atoms with van der Waals surface area (Å²) in [7, 11) is -3.03. The predicted molar refractivity (Wildman–Crippen MR) is 83.8 cm³/mol. The maximum Gasteiger partial charge on any atom is 0.266 e. The van der Waals surface area contributed by atoms with Gasteiger partial charge in [-0.1, -0.05) is 18.5 Å². The number of nitrogens with one attached hydrogen (secondary N) is 1. The van der Waals surface area contributed by atoms with Crippen molar-refractivity contribution in [3.05, 3.63) is 33.6 Å². The molecular weight excluding hydrogens is 334 g/mol. The third kappa shape index (κ3) is 4.55. The maximum absolute atomic E-state index is 11.9. The van der Waals surface area contributed by atoms with E-state index in [1.807, 2.05) is 0 Å². The molecule has 0 atom stereocenters. The highest BCUT2D eigenvalue weighted by Gasteiger charge is 2.11. The van der Waals surface area contributed by atoms with Crippen molar-refractivity contribution in [3.8, 4) is 0 Å². The molecule has 0 radical (unpaired) electrons. The second kappa shape index (κ2) is 6.59. The van der Waals surface area contributed by atoms with E-state index >= 15 is 0 Å². The van der Waals surface area contributed by atoms with Crippen LogP contribution in [0.5, 0.6) is 0 Å². The van der Waals surface area contributed by atoms with Crippen molar-refractivity contribution in [2.24, 2.45) is 0 Å². The topological polar surface area (TPSA) is 81.1 Å². The van der Waals surface area contributed by atoms with Crippen LogP contribution in [-0.2, 0) is 16.4 Å². The van der Waals surface area contributed by atoms with E-state index in [0.717, 1.165) is 0 Å². The Kier molecular flexibility index (Phi) is 5.02. The van der Waals surface area contributed by atoms with Crippen LogP contribution in [0.15, 0.2) is 24.4 Å². The molecule has 2 rings (SSSR count). The number of amides is 1. The monoisotopic (exact) mass is 347 g/mol. The number of hydrogen-bond donors (Lipinski definition) is 1. The van der Waals surface area contributed by atoms with Gasteiger partial charge in [-0.2, -0.15) is 5.10 Å². The molecule has 0 aliphatic heterocycles. The molecule has 0 saturated heterocycles. The fourth-order valence-corrected chi connectivity index (χ4v) is 3.24. The van der Waals surface area contributed by atoms with Crippen molar-refractivity contribution in [2.75, 3.05) is 16.8 Å². The Morgan fingerprint density at radius 1 is 1.43 bits per heavy atom. The van der Waals surface area contributed by atoms with Crippen molar-refractivity contribution >= 4 is 44.5 Å². The lowest BCUT2D eigenvalue weighted by atomic mass is 10.4. The van der Waals surface area contributed by atoms with Gasteiger partial charge in [0, 0.05) is 18.0 Å². The molecule has 0 unspecified atom stereocenters. The van der Waals surface area contributed by atoms with Gasteiger partial charge < -0.3 is 5.32 Å². The number of carbonyl (C=O) groups excluding carboxylic acids is 1. The lowest BCUT2D eigenvalue weighted by Gasteiger charge is -2.02. The van der Waals surface area contributed by atoms with Gasteiger partial charge in [-0.3, -0.25) is 9.48 Å². The van der Waals surface area contributed by atoms with Crippen LogP contribution >= 0.6 is 22.9 Å². The molecule has 0 saturated carbocycles. The van der Waals surface area contributed by atoms with Gasteiger partial charge in [0.15, 0.2) is 15.7 Å². The third-order valence-electron chi connectivity index (χ3n) is 2.75. The minimum absolute atomic E-state index is 0.0269. The molecule has 114 valence electrons. The molecule has 21 heavy (non-hydrogen) atoms. The van der Waals surface area contributed by atoms with E-state index < -0.39 is 9.84 Å². The summed E-state index contributed by atoms with van der Waals surface area (Å²) in [4.78, 5) is 12.4. The van der Waals surface area contributed by atoms with Crippen LogP contribution in [0.2, 0.25) is 4.34 Å². The van der Waals surface area contributed by atoms with E-state index in [9.17, 15) is 13.2 Å². The van der Waals surface area contributed by atoms with Crippen molar-refractivity contribution < 1.29 is 13.2 Å². The molecule has 0 spiro atoms. The first-order valence-electron chi connectivity index (χ1n) is 6.20. The molecule has 2 aromatic heterocycles. The molecule has 0 bridgehead atoms. The molecule has 9 heteroatoms. The molecule has 2 heterocycles. The number of nitrogens with zero attached hydrogens (tertiary/aromatic N) is 2. The van der Waals surface area contributed by atoms with E-state index in [2.05, 4.69) is 10.4 Å². The Balaban J connectivity index is 1.95. The first kappa shape index (κ1) is 16.0. The van der Waals surface area contributed by atoms with E-state index in [1.165, 1.54) is 16.0 Å². The maximum atomic E-state index is 11.9. The first-order chi connectivity index (χ1) is 9.89. The summed E-state index contributed by atoms with van der Waals surface area (Å²) in [5, 5.41) is 6.75. The van der Waals surface area contributed by atoms with Crippen molar-refractivity contribution in [1.82, 2.24) is 9.78 Å². The number of sulfone groups is 1. The Morgan fingerprint density at radius 2 is 2.19 bits per heavy atom. The van der Waals surface area contributed by atoms with Crippen LogP contribution in [0.25, 0.3) is 0 Å². The summed E-state index contributed by atoms with van der Waals surface area (Å²) >= 11 is 6.95. The number of halogens is 1. The standard InChI is InChI=1S/C12H14ClN3O3S2/c1-2-21(18,19)8-7-16-6-5-11(15-16)14-12(17)9-3-4-10(13)20-9/h3-6H,2,7-8H2,1H3,(H,14,15,17). The molecule has 0 aliphatic rings. The highest BCUT2D eigenvalue weighted by Crippen LogP contribution is 2.22. The molecule has 0 fully saturated rings. The van der Waals surface area contributed by atoms with Gasteiger partial charge in [0.2, 0.25) is 0 Å². The lowest BCUT2D eigenvalue weighted by molar-refractivity contribution is 0.103. The molecule has 2 aromatic rings. The van der Waals surface area contributed by atoms with Crippen LogP contribution in [-0.4, -0.2) is 35.6 Å². The highest BCUT2D eigenvalue weighted by molar-refractivity contribution is 7.91. The molecule has 6 nitrogen and oxygen atoms in total. The number of thiophene rings is 1. The van der Waals surface area contributed by atoms with Crippen LogP contribution in [0.1, 0.15) is 16.6 Å². The van der Waals surface area contributed by atoms with Gasteiger partial charge in [0.1, 0.15) is 0 Å². The zero-order chi connectivity index (χ0) is 15.5. The minimum Gasteiger partial charge on any atom is -0.304 e. The average Bonchev–Trinajstić information content (AvgIpc) is 3.06. The number of rotatable bonds is 6. The molecule has 1 amide bonds. The average molecular weight is 348 g/mol. The van der Waals surface area contributed by atoms with Crippen LogP contribution < -0.4 is 5.32 Å².